The Hall–Kier alpha value is -5.84. The van der Waals surface area contributed by atoms with Gasteiger partial charge in [0.05, 0.1) is 29.2 Å². The summed E-state index contributed by atoms with van der Waals surface area (Å²) >= 11 is 0. The molecule has 4 aromatic carbocycles. The molecule has 68 heavy (non-hydrogen) atoms. The number of allylic oxidation sites excluding steroid dienone is 1. The number of nitrogens with one attached hydrogen (secondary N) is 2. The molecule has 2 amide bonds. The van der Waals surface area contributed by atoms with Crippen LogP contribution in [0.15, 0.2) is 137 Å². The van der Waals surface area contributed by atoms with E-state index >= 15 is 8.42 Å². The van der Waals surface area contributed by atoms with Crippen molar-refractivity contribution >= 4 is 33.4 Å². The molecule has 15 heteroatoms. The summed E-state index contributed by atoms with van der Waals surface area (Å²) in [6, 6.07) is 29.6. The second-order valence-corrected chi connectivity index (χ2v) is 19.5. The second-order valence-electron chi connectivity index (χ2n) is 17.6. The number of hydrogen-bond donors (Lipinski definition) is 4. The van der Waals surface area contributed by atoms with Gasteiger partial charge in [-0.2, -0.15) is 4.31 Å². The molecule has 6 unspecified atom stereocenters. The van der Waals surface area contributed by atoms with Crippen molar-refractivity contribution in [3.63, 3.8) is 0 Å². The lowest BCUT2D eigenvalue weighted by atomic mass is 9.55. The van der Waals surface area contributed by atoms with Crippen molar-refractivity contribution in [2.45, 2.75) is 101 Å². The molecule has 6 atom stereocenters. The zero-order valence-electron chi connectivity index (χ0n) is 38.9. The minimum atomic E-state index is -4.31. The molecule has 0 spiro atoms. The minimum Gasteiger partial charge on any atom is -0.460 e. The molecule has 4 aromatic rings. The Bertz CT molecular complexity index is 2500. The maximum absolute atomic E-state index is 15.3. The van der Waals surface area contributed by atoms with E-state index in [0.717, 1.165) is 35.1 Å². The van der Waals surface area contributed by atoms with E-state index in [1.165, 1.54) is 23.4 Å². The summed E-state index contributed by atoms with van der Waals surface area (Å²) in [7, 11) is -4.31. The van der Waals surface area contributed by atoms with Crippen LogP contribution in [0.1, 0.15) is 87.8 Å². The Morgan fingerprint density at radius 3 is 2.28 bits per heavy atom. The number of anilines is 1. The van der Waals surface area contributed by atoms with Crippen LogP contribution in [0.3, 0.4) is 0 Å². The molecular formula is C53H64N4O10S. The van der Waals surface area contributed by atoms with Crippen molar-refractivity contribution < 1.29 is 47.3 Å². The summed E-state index contributed by atoms with van der Waals surface area (Å²) < 4.78 is 52.4. The van der Waals surface area contributed by atoms with Crippen LogP contribution in [0.4, 0.5) is 10.5 Å². The van der Waals surface area contributed by atoms with E-state index in [2.05, 4.69) is 23.3 Å². The average Bonchev–Trinajstić information content (AvgIpc) is 3.34. The number of carbonyl (C=O) groups excluding carboxylic acids is 2. The van der Waals surface area contributed by atoms with Crippen LogP contribution in [-0.4, -0.2) is 78.8 Å². The lowest BCUT2D eigenvalue weighted by molar-refractivity contribution is -0.251. The van der Waals surface area contributed by atoms with E-state index in [-0.39, 0.29) is 68.6 Å². The van der Waals surface area contributed by atoms with Gasteiger partial charge < -0.3 is 39.9 Å². The smallest absolute Gasteiger partial charge is 0.412 e. The molecule has 14 nitrogen and oxygen atoms in total. The van der Waals surface area contributed by atoms with Crippen LogP contribution in [0, 0.1) is 17.8 Å². The Balaban J connectivity index is 1.42. The molecule has 0 bridgehead atoms. The first-order valence-corrected chi connectivity index (χ1v) is 25.1. The predicted octanol–water partition coefficient (Wildman–Crippen LogP) is 8.87. The highest BCUT2D eigenvalue weighted by Crippen LogP contribution is 2.62. The van der Waals surface area contributed by atoms with Crippen molar-refractivity contribution in [2.24, 2.45) is 22.9 Å². The van der Waals surface area contributed by atoms with Crippen LogP contribution in [0.25, 0.3) is 0 Å². The standard InChI is InChI=1S/C53H64N4O10S/c1-4-28-57(68(62,63)43-25-22-41(23-26-43)55-37(3)60)49-34-47(56-65-36-39-18-10-7-11-19-39)45-32-40(20-12-14-29-58)44(21-13-15-30-59)50-46-33-42(66-52(61)54-35-38-16-8-6-9-17-38)24-27-48(46)67-53(49,51(45)50)64-31-5-2/h5-11,16-19,22-27,32-33,40,44,49-51,58-59H,2,4,12-15,20-21,28-31,34-36H2,1,3H3,(H,54,61)(H,55,60). The third kappa shape index (κ3) is 11.5. The van der Waals surface area contributed by atoms with E-state index in [1.54, 1.807) is 30.3 Å². The number of amides is 2. The predicted molar refractivity (Wildman–Crippen MR) is 260 cm³/mol. The fourth-order valence-corrected chi connectivity index (χ4v) is 11.8. The van der Waals surface area contributed by atoms with E-state index in [0.29, 0.717) is 55.0 Å². The number of aliphatic hydroxyl groups excluding tert-OH is 2. The first-order valence-electron chi connectivity index (χ1n) is 23.7. The quantitative estimate of drug-likeness (QED) is 0.0318. The summed E-state index contributed by atoms with van der Waals surface area (Å²) in [6.45, 7) is 7.92. The van der Waals surface area contributed by atoms with Crippen LogP contribution in [0.5, 0.6) is 11.5 Å². The molecule has 0 saturated heterocycles. The average molecular weight is 949 g/mol. The number of aliphatic hydroxyl groups is 2. The number of fused-ring (bicyclic) bond motifs is 2. The van der Waals surface area contributed by atoms with Gasteiger partial charge in [0.2, 0.25) is 21.7 Å². The lowest BCUT2D eigenvalue weighted by Gasteiger charge is -2.59. The molecule has 0 radical (unpaired) electrons. The normalized spacial score (nSPS) is 22.3. The molecule has 3 aliphatic rings. The van der Waals surface area contributed by atoms with E-state index in [1.807, 2.05) is 73.7 Å². The molecule has 7 rings (SSSR count). The molecule has 1 saturated carbocycles. The first-order chi connectivity index (χ1) is 33.0. The van der Waals surface area contributed by atoms with Crippen molar-refractivity contribution in [3.05, 3.63) is 144 Å². The van der Waals surface area contributed by atoms with Gasteiger partial charge in [-0.05, 0) is 103 Å². The molecule has 4 N–H and O–H groups in total. The monoisotopic (exact) mass is 948 g/mol. The van der Waals surface area contributed by atoms with Crippen LogP contribution in [0.2, 0.25) is 0 Å². The van der Waals surface area contributed by atoms with Gasteiger partial charge in [0.15, 0.2) is 0 Å². The topological polar surface area (TPSA) is 185 Å². The first kappa shape index (κ1) is 50.0. The van der Waals surface area contributed by atoms with Gasteiger partial charge in [0.25, 0.3) is 0 Å². The summed E-state index contributed by atoms with van der Waals surface area (Å²) in [5.41, 5.74) is 4.39. The van der Waals surface area contributed by atoms with E-state index in [4.69, 9.17) is 24.2 Å². The Labute approximate surface area is 400 Å². The number of sulfonamides is 1. The van der Waals surface area contributed by atoms with Gasteiger partial charge in [-0.1, -0.05) is 97.7 Å². The summed E-state index contributed by atoms with van der Waals surface area (Å²) in [5, 5.41) is 30.4. The number of benzene rings is 4. The van der Waals surface area contributed by atoms with Crippen molar-refractivity contribution in [1.29, 1.82) is 0 Å². The SMILES string of the molecule is C=CCOC12Oc3ccc(OC(=O)NCc4ccccc4)cc3C3C(CCCCO)C(CCCCO)C=C(C(=NOCc4ccccc4)CC1N(CCC)S(=O)(=O)c1ccc(NC(C)=O)cc1)C32. The molecular weight excluding hydrogens is 885 g/mol. The number of unbranched alkanes of at least 4 members (excludes halogenated alkanes) is 2. The number of rotatable bonds is 23. The third-order valence-electron chi connectivity index (χ3n) is 13.0. The molecule has 362 valence electrons. The second kappa shape index (κ2) is 23.4. The van der Waals surface area contributed by atoms with Crippen LogP contribution >= 0.6 is 0 Å². The van der Waals surface area contributed by atoms with E-state index < -0.39 is 39.8 Å². The number of hydrogen-bond acceptors (Lipinski definition) is 11. The summed E-state index contributed by atoms with van der Waals surface area (Å²) in [5.74, 6) is -2.44. The largest absolute Gasteiger partial charge is 0.460 e. The van der Waals surface area contributed by atoms with Crippen LogP contribution in [-0.2, 0) is 37.5 Å². The summed E-state index contributed by atoms with van der Waals surface area (Å²) in [4.78, 5) is 31.5. The van der Waals surface area contributed by atoms with Gasteiger partial charge in [0.1, 0.15) is 18.1 Å². The number of carbonyl (C=O) groups is 2. The molecule has 2 aliphatic carbocycles. The lowest BCUT2D eigenvalue weighted by Crippen LogP contribution is -2.70. The zero-order chi connectivity index (χ0) is 48.1. The highest BCUT2D eigenvalue weighted by atomic mass is 32.2. The maximum Gasteiger partial charge on any atom is 0.412 e. The Morgan fingerprint density at radius 2 is 1.62 bits per heavy atom. The zero-order valence-corrected chi connectivity index (χ0v) is 39.7. The molecule has 1 fully saturated rings. The molecule has 0 aromatic heterocycles. The highest BCUT2D eigenvalue weighted by Gasteiger charge is 2.66. The van der Waals surface area contributed by atoms with Gasteiger partial charge in [0, 0.05) is 56.8 Å². The van der Waals surface area contributed by atoms with Gasteiger partial charge >= 0.3 is 6.09 Å². The van der Waals surface area contributed by atoms with Gasteiger partial charge in [-0.25, -0.2) is 13.2 Å². The van der Waals surface area contributed by atoms with Crippen molar-refractivity contribution in [1.82, 2.24) is 9.62 Å². The van der Waals surface area contributed by atoms with Gasteiger partial charge in [-0.15, -0.1) is 6.58 Å². The van der Waals surface area contributed by atoms with Crippen LogP contribution < -0.4 is 20.1 Å². The number of ether oxygens (including phenoxy) is 3. The van der Waals surface area contributed by atoms with Crippen molar-refractivity contribution in [3.8, 4) is 11.5 Å². The summed E-state index contributed by atoms with van der Waals surface area (Å²) in [6.07, 6.45) is 7.79. The Morgan fingerprint density at radius 1 is 0.926 bits per heavy atom. The fourth-order valence-electron chi connectivity index (χ4n) is 10.1. The molecule has 1 aliphatic heterocycles. The number of oxime groups is 1. The van der Waals surface area contributed by atoms with Crippen molar-refractivity contribution in [2.75, 3.05) is 31.7 Å². The third-order valence-corrected chi connectivity index (χ3v) is 14.9. The Kier molecular flexibility index (Phi) is 17.3. The fraction of sp³-hybridized carbons (Fsp3) is 0.415. The number of nitrogens with zero attached hydrogens (tertiary/aromatic N) is 2. The van der Waals surface area contributed by atoms with Gasteiger partial charge in [-0.3, -0.25) is 4.79 Å². The van der Waals surface area contributed by atoms with E-state index in [9.17, 15) is 19.8 Å². The minimum absolute atomic E-state index is 0.0165. The highest BCUT2D eigenvalue weighted by molar-refractivity contribution is 7.89. The maximum atomic E-state index is 15.3. The molecule has 1 heterocycles.